The average Bonchev–Trinajstić information content (AvgIpc) is 3.10. The summed E-state index contributed by atoms with van der Waals surface area (Å²) in [4.78, 5) is 25.2. The Balaban J connectivity index is 1.51. The van der Waals surface area contributed by atoms with Gasteiger partial charge in [0.15, 0.2) is 0 Å². The lowest BCUT2D eigenvalue weighted by Gasteiger charge is -2.07. The molecule has 0 amide bonds. The number of pyridine rings is 1. The van der Waals surface area contributed by atoms with E-state index in [2.05, 4.69) is 15.0 Å². The van der Waals surface area contributed by atoms with Gasteiger partial charge in [-0.15, -0.1) is 0 Å². The van der Waals surface area contributed by atoms with Crippen molar-refractivity contribution in [3.63, 3.8) is 0 Å². The zero-order valence-electron chi connectivity index (χ0n) is 16.0. The van der Waals surface area contributed by atoms with Crippen LogP contribution in [0.1, 0.15) is 16.1 Å². The molecule has 30 heavy (non-hydrogen) atoms. The molecule has 5 rings (SSSR count). The number of hydrogen-bond donors (Lipinski definition) is 1. The number of ketones is 1. The van der Waals surface area contributed by atoms with Gasteiger partial charge in [-0.25, -0.2) is 0 Å². The summed E-state index contributed by atoms with van der Waals surface area (Å²) in [6.07, 6.45) is 3.09. The van der Waals surface area contributed by atoms with E-state index in [0.717, 1.165) is 10.9 Å². The summed E-state index contributed by atoms with van der Waals surface area (Å²) in [7, 11) is 1.84. The van der Waals surface area contributed by atoms with Gasteiger partial charge in [0, 0.05) is 30.3 Å². The topological polar surface area (TPSA) is 90.1 Å². The predicted octanol–water partition coefficient (Wildman–Crippen LogP) is 4.25. The van der Waals surface area contributed by atoms with E-state index in [1.807, 2.05) is 48.0 Å². The molecule has 3 heterocycles. The monoisotopic (exact) mass is 396 g/mol. The van der Waals surface area contributed by atoms with Crippen molar-refractivity contribution in [3.8, 4) is 17.6 Å². The van der Waals surface area contributed by atoms with E-state index in [1.165, 1.54) is 6.20 Å². The summed E-state index contributed by atoms with van der Waals surface area (Å²) in [6, 6.07) is 18.1. The van der Waals surface area contributed by atoms with Gasteiger partial charge < -0.3 is 14.4 Å². The molecule has 2 aromatic carbocycles. The number of fused-ring (bicyclic) bond motifs is 2. The van der Waals surface area contributed by atoms with Crippen LogP contribution in [-0.4, -0.2) is 30.4 Å². The van der Waals surface area contributed by atoms with Crippen LogP contribution in [0, 0.1) is 0 Å². The fourth-order valence-electron chi connectivity index (χ4n) is 3.42. The summed E-state index contributed by atoms with van der Waals surface area (Å²) >= 11 is 0. The first-order chi connectivity index (χ1) is 14.6. The summed E-state index contributed by atoms with van der Waals surface area (Å²) in [5.41, 5.74) is 2.53. The Kier molecular flexibility index (Phi) is 4.14. The molecule has 0 spiro atoms. The number of benzene rings is 2. The van der Waals surface area contributed by atoms with Crippen LogP contribution in [-0.2, 0) is 7.05 Å². The van der Waals surface area contributed by atoms with Gasteiger partial charge in [-0.3, -0.25) is 9.78 Å². The van der Waals surface area contributed by atoms with Crippen molar-refractivity contribution in [2.45, 2.75) is 0 Å². The lowest BCUT2D eigenvalue weighted by Crippen LogP contribution is -2.06. The third-order valence-electron chi connectivity index (χ3n) is 4.95. The number of aryl methyl sites for hydroxylation is 1. The largest absolute Gasteiger partial charge is 0.493 e. The fourth-order valence-corrected chi connectivity index (χ4v) is 3.42. The second-order valence-electron chi connectivity index (χ2n) is 6.83. The lowest BCUT2D eigenvalue weighted by molar-refractivity contribution is 0.103. The van der Waals surface area contributed by atoms with Crippen LogP contribution in [0.15, 0.2) is 73.1 Å². The van der Waals surface area contributed by atoms with Gasteiger partial charge in [0.25, 0.3) is 0 Å². The van der Waals surface area contributed by atoms with E-state index in [0.29, 0.717) is 27.9 Å². The molecule has 5 aromatic rings. The molecule has 3 aromatic heterocycles. The van der Waals surface area contributed by atoms with E-state index < -0.39 is 0 Å². The minimum absolute atomic E-state index is 0.0159. The van der Waals surface area contributed by atoms with Gasteiger partial charge in [0.05, 0.1) is 28.3 Å². The van der Waals surface area contributed by atoms with Crippen molar-refractivity contribution in [2.24, 2.45) is 7.05 Å². The molecule has 0 unspecified atom stereocenters. The van der Waals surface area contributed by atoms with Crippen LogP contribution in [0.3, 0.4) is 0 Å². The molecule has 7 nitrogen and oxygen atoms in total. The normalized spacial score (nSPS) is 11.1. The molecule has 0 saturated heterocycles. The maximum Gasteiger partial charge on any atom is 0.325 e. The molecule has 0 aliphatic carbocycles. The molecular formula is C23H16N4O3. The van der Waals surface area contributed by atoms with E-state index in [4.69, 9.17) is 4.74 Å². The van der Waals surface area contributed by atoms with Crippen LogP contribution < -0.4 is 4.74 Å². The molecule has 0 atom stereocenters. The van der Waals surface area contributed by atoms with Gasteiger partial charge in [-0.05, 0) is 24.3 Å². The predicted molar refractivity (Wildman–Crippen MR) is 112 cm³/mol. The van der Waals surface area contributed by atoms with Gasteiger partial charge in [0.1, 0.15) is 5.75 Å². The number of ether oxygens (including phenoxy) is 1. The van der Waals surface area contributed by atoms with Crippen molar-refractivity contribution in [1.82, 2.24) is 19.5 Å². The minimum Gasteiger partial charge on any atom is -0.493 e. The Hall–Kier alpha value is -4.26. The molecule has 0 aliphatic rings. The highest BCUT2D eigenvalue weighted by Gasteiger charge is 2.16. The third-order valence-corrected chi connectivity index (χ3v) is 4.95. The quantitative estimate of drug-likeness (QED) is 0.457. The van der Waals surface area contributed by atoms with E-state index in [1.54, 1.807) is 30.5 Å². The zero-order chi connectivity index (χ0) is 20.7. The second kappa shape index (κ2) is 6.97. The highest BCUT2D eigenvalue weighted by Crippen LogP contribution is 2.29. The molecule has 0 saturated carbocycles. The molecule has 0 fully saturated rings. The van der Waals surface area contributed by atoms with Gasteiger partial charge >= 0.3 is 6.01 Å². The number of rotatable bonds is 4. The SMILES string of the molecule is Cn1c(C(=O)c2ccccc2)cc2ccc(Oc3nc(O)c4ccncc4n3)cc21. The Labute approximate surface area is 171 Å². The number of nitrogens with zero attached hydrogens (tertiary/aromatic N) is 4. The Morgan fingerprint density at radius 2 is 1.87 bits per heavy atom. The lowest BCUT2D eigenvalue weighted by atomic mass is 10.1. The standard InChI is InChI=1S/C23H16N4O3/c1-27-19-12-16(30-23-25-18-13-24-10-9-17(18)22(29)26-23)8-7-15(19)11-20(27)21(28)14-5-3-2-4-6-14/h2-13H,1H3,(H,25,26,29). The molecule has 0 bridgehead atoms. The van der Waals surface area contributed by atoms with Crippen LogP contribution in [0.2, 0.25) is 0 Å². The summed E-state index contributed by atoms with van der Waals surface area (Å²) < 4.78 is 7.61. The number of aromatic nitrogens is 4. The van der Waals surface area contributed by atoms with E-state index in [9.17, 15) is 9.90 Å². The maximum atomic E-state index is 12.9. The summed E-state index contributed by atoms with van der Waals surface area (Å²) in [6.45, 7) is 0. The molecular weight excluding hydrogens is 380 g/mol. The second-order valence-corrected chi connectivity index (χ2v) is 6.83. The number of carbonyl (C=O) groups is 1. The summed E-state index contributed by atoms with van der Waals surface area (Å²) in [5, 5.41) is 11.5. The van der Waals surface area contributed by atoms with Crippen molar-refractivity contribution < 1.29 is 14.6 Å². The van der Waals surface area contributed by atoms with Crippen LogP contribution >= 0.6 is 0 Å². The number of aromatic hydroxyl groups is 1. The van der Waals surface area contributed by atoms with Crippen molar-refractivity contribution in [2.75, 3.05) is 0 Å². The van der Waals surface area contributed by atoms with Gasteiger partial charge in [0.2, 0.25) is 11.7 Å². The first kappa shape index (κ1) is 17.8. The Morgan fingerprint density at radius 1 is 1.03 bits per heavy atom. The summed E-state index contributed by atoms with van der Waals surface area (Å²) in [5.74, 6) is 0.269. The molecule has 1 N–H and O–H groups in total. The van der Waals surface area contributed by atoms with E-state index in [-0.39, 0.29) is 17.7 Å². The Morgan fingerprint density at radius 3 is 2.70 bits per heavy atom. The molecule has 0 aliphatic heterocycles. The maximum absolute atomic E-state index is 12.9. The third kappa shape index (κ3) is 3.02. The highest BCUT2D eigenvalue weighted by atomic mass is 16.5. The number of carbonyl (C=O) groups excluding carboxylic acids is 1. The fraction of sp³-hybridized carbons (Fsp3) is 0.0435. The van der Waals surface area contributed by atoms with Crippen molar-refractivity contribution in [1.29, 1.82) is 0 Å². The Bertz CT molecular complexity index is 1410. The smallest absolute Gasteiger partial charge is 0.325 e. The first-order valence-corrected chi connectivity index (χ1v) is 9.28. The van der Waals surface area contributed by atoms with Crippen LogP contribution in [0.5, 0.6) is 17.6 Å². The van der Waals surface area contributed by atoms with Gasteiger partial charge in [-0.2, -0.15) is 9.97 Å². The van der Waals surface area contributed by atoms with Crippen molar-refractivity contribution in [3.05, 3.63) is 84.3 Å². The van der Waals surface area contributed by atoms with Gasteiger partial charge in [-0.1, -0.05) is 30.3 Å². The highest BCUT2D eigenvalue weighted by molar-refractivity contribution is 6.10. The average molecular weight is 396 g/mol. The minimum atomic E-state index is -0.173. The number of hydrogen-bond acceptors (Lipinski definition) is 6. The van der Waals surface area contributed by atoms with E-state index >= 15 is 0 Å². The zero-order valence-corrected chi connectivity index (χ0v) is 16.0. The molecule has 7 heteroatoms. The van der Waals surface area contributed by atoms with Crippen molar-refractivity contribution >= 4 is 27.6 Å². The molecule has 146 valence electrons. The van der Waals surface area contributed by atoms with Crippen LogP contribution in [0.4, 0.5) is 0 Å². The molecule has 0 radical (unpaired) electrons. The van der Waals surface area contributed by atoms with Crippen LogP contribution in [0.25, 0.3) is 21.8 Å². The first-order valence-electron chi connectivity index (χ1n) is 9.28.